The van der Waals surface area contributed by atoms with Gasteiger partial charge in [0.1, 0.15) is 0 Å². The van der Waals surface area contributed by atoms with Crippen molar-refractivity contribution in [2.45, 2.75) is 19.4 Å². The van der Waals surface area contributed by atoms with Crippen molar-refractivity contribution in [3.05, 3.63) is 60.2 Å². The Labute approximate surface area is 124 Å². The molecule has 0 unspecified atom stereocenters. The van der Waals surface area contributed by atoms with Crippen LogP contribution in [0.3, 0.4) is 0 Å². The highest BCUT2D eigenvalue weighted by molar-refractivity contribution is 5.90. The molecule has 2 aromatic rings. The van der Waals surface area contributed by atoms with Crippen LogP contribution in [0.1, 0.15) is 18.4 Å². The maximum absolute atomic E-state index is 11.7. The fourth-order valence-electron chi connectivity index (χ4n) is 1.89. The van der Waals surface area contributed by atoms with Gasteiger partial charge in [-0.15, -0.1) is 0 Å². The van der Waals surface area contributed by atoms with Gasteiger partial charge in [-0.25, -0.2) is 0 Å². The first-order chi connectivity index (χ1) is 10.2. The number of rotatable bonds is 7. The summed E-state index contributed by atoms with van der Waals surface area (Å²) in [5.74, 6) is -0.0110. The van der Waals surface area contributed by atoms with Gasteiger partial charge in [-0.3, -0.25) is 4.79 Å². The lowest BCUT2D eigenvalue weighted by Gasteiger charge is -2.06. The van der Waals surface area contributed by atoms with E-state index in [0.717, 1.165) is 11.3 Å². The molecule has 0 radical (unpaired) electrons. The lowest BCUT2D eigenvalue weighted by atomic mass is 10.2. The molecule has 0 saturated carbocycles. The Balaban J connectivity index is 1.60. The van der Waals surface area contributed by atoms with Gasteiger partial charge in [0.05, 0.1) is 6.61 Å². The molecule has 0 spiro atoms. The number of nitrogen functional groups attached to an aromatic ring is 1. The number of ether oxygens (including phenoxy) is 1. The van der Waals surface area contributed by atoms with Crippen molar-refractivity contribution in [1.29, 1.82) is 0 Å². The molecule has 0 aliphatic carbocycles. The number of nitrogens with one attached hydrogen (secondary N) is 1. The van der Waals surface area contributed by atoms with Crippen LogP contribution in [0.2, 0.25) is 0 Å². The summed E-state index contributed by atoms with van der Waals surface area (Å²) in [6, 6.07) is 17.1. The van der Waals surface area contributed by atoms with Crippen LogP contribution in [0.25, 0.3) is 0 Å². The van der Waals surface area contributed by atoms with Gasteiger partial charge in [-0.05, 0) is 36.2 Å². The largest absolute Gasteiger partial charge is 0.399 e. The lowest BCUT2D eigenvalue weighted by molar-refractivity contribution is -0.116. The quantitative estimate of drug-likeness (QED) is 0.606. The highest BCUT2D eigenvalue weighted by Gasteiger charge is 2.02. The van der Waals surface area contributed by atoms with Crippen LogP contribution >= 0.6 is 0 Å². The molecule has 0 aliphatic rings. The first-order valence-corrected chi connectivity index (χ1v) is 7.01. The molecule has 110 valence electrons. The molecule has 0 aliphatic heterocycles. The average Bonchev–Trinajstić information content (AvgIpc) is 2.50. The summed E-state index contributed by atoms with van der Waals surface area (Å²) in [6.45, 7) is 1.16. The Morgan fingerprint density at radius 3 is 2.48 bits per heavy atom. The van der Waals surface area contributed by atoms with E-state index in [1.165, 1.54) is 0 Å². The summed E-state index contributed by atoms with van der Waals surface area (Å²) in [5.41, 5.74) is 8.18. The molecule has 0 bridgehead atoms. The predicted molar refractivity (Wildman–Crippen MR) is 84.8 cm³/mol. The van der Waals surface area contributed by atoms with Crippen LogP contribution in [0.5, 0.6) is 0 Å². The van der Waals surface area contributed by atoms with Gasteiger partial charge in [0.2, 0.25) is 5.91 Å². The Kier molecular flexibility index (Phi) is 5.79. The van der Waals surface area contributed by atoms with Crippen molar-refractivity contribution >= 4 is 17.3 Å². The van der Waals surface area contributed by atoms with Gasteiger partial charge in [-0.1, -0.05) is 30.3 Å². The second-order valence-electron chi connectivity index (χ2n) is 4.81. The summed E-state index contributed by atoms with van der Waals surface area (Å²) < 4.78 is 5.54. The number of carbonyl (C=O) groups is 1. The third kappa shape index (κ3) is 5.67. The molecule has 0 heterocycles. The monoisotopic (exact) mass is 284 g/mol. The van der Waals surface area contributed by atoms with Crippen molar-refractivity contribution in [2.75, 3.05) is 17.7 Å². The predicted octanol–water partition coefficient (Wildman–Crippen LogP) is 3.20. The topological polar surface area (TPSA) is 64.3 Å². The van der Waals surface area contributed by atoms with Crippen LogP contribution in [0.4, 0.5) is 11.4 Å². The fraction of sp³-hybridized carbons (Fsp3) is 0.235. The molecule has 2 rings (SSSR count). The van der Waals surface area contributed by atoms with Gasteiger partial charge >= 0.3 is 0 Å². The summed E-state index contributed by atoms with van der Waals surface area (Å²) in [7, 11) is 0. The molecule has 4 heteroatoms. The Morgan fingerprint density at radius 1 is 1.05 bits per heavy atom. The van der Waals surface area contributed by atoms with E-state index in [2.05, 4.69) is 5.32 Å². The first kappa shape index (κ1) is 15.1. The normalized spacial score (nSPS) is 10.3. The fourth-order valence-corrected chi connectivity index (χ4v) is 1.89. The molecule has 3 N–H and O–H groups in total. The van der Waals surface area contributed by atoms with Crippen molar-refractivity contribution < 1.29 is 9.53 Å². The van der Waals surface area contributed by atoms with Crippen LogP contribution in [0, 0.1) is 0 Å². The number of hydrogen-bond acceptors (Lipinski definition) is 3. The molecule has 21 heavy (non-hydrogen) atoms. The summed E-state index contributed by atoms with van der Waals surface area (Å²) in [5, 5.41) is 2.83. The summed E-state index contributed by atoms with van der Waals surface area (Å²) in [6.07, 6.45) is 1.15. The number of carbonyl (C=O) groups excluding carboxylic acids is 1. The van der Waals surface area contributed by atoms with E-state index < -0.39 is 0 Å². The smallest absolute Gasteiger partial charge is 0.224 e. The Morgan fingerprint density at radius 2 is 1.76 bits per heavy atom. The number of amides is 1. The zero-order chi connectivity index (χ0) is 14.9. The molecule has 2 aromatic carbocycles. The summed E-state index contributed by atoms with van der Waals surface area (Å²) >= 11 is 0. The molecule has 0 aromatic heterocycles. The van der Waals surface area contributed by atoms with Gasteiger partial charge < -0.3 is 15.8 Å². The van der Waals surface area contributed by atoms with E-state index in [1.807, 2.05) is 30.3 Å². The van der Waals surface area contributed by atoms with E-state index in [0.29, 0.717) is 31.7 Å². The molecule has 0 atom stereocenters. The zero-order valence-electron chi connectivity index (χ0n) is 11.9. The third-order valence-corrected chi connectivity index (χ3v) is 3.00. The van der Waals surface area contributed by atoms with Crippen molar-refractivity contribution in [3.8, 4) is 0 Å². The molecular formula is C17H20N2O2. The van der Waals surface area contributed by atoms with Crippen molar-refractivity contribution in [1.82, 2.24) is 0 Å². The minimum absolute atomic E-state index is 0.0110. The number of nitrogens with two attached hydrogens (primary N) is 1. The number of hydrogen-bond donors (Lipinski definition) is 2. The van der Waals surface area contributed by atoms with Crippen LogP contribution < -0.4 is 11.1 Å². The summed E-state index contributed by atoms with van der Waals surface area (Å²) in [4.78, 5) is 11.7. The van der Waals surface area contributed by atoms with Crippen molar-refractivity contribution in [2.24, 2.45) is 0 Å². The van der Waals surface area contributed by atoms with Crippen molar-refractivity contribution in [3.63, 3.8) is 0 Å². The van der Waals surface area contributed by atoms with Gasteiger partial charge in [0.15, 0.2) is 0 Å². The standard InChI is InChI=1S/C17H20N2O2/c18-15-8-10-16(11-9-15)19-17(20)7-4-12-21-13-14-5-2-1-3-6-14/h1-3,5-6,8-11H,4,7,12-13,18H2,(H,19,20). The second kappa shape index (κ2) is 8.07. The van der Waals surface area contributed by atoms with Gasteiger partial charge in [0.25, 0.3) is 0 Å². The molecular weight excluding hydrogens is 264 g/mol. The number of benzene rings is 2. The molecule has 4 nitrogen and oxygen atoms in total. The molecule has 0 fully saturated rings. The highest BCUT2D eigenvalue weighted by Crippen LogP contribution is 2.11. The maximum Gasteiger partial charge on any atom is 0.224 e. The van der Waals surface area contributed by atoms with Gasteiger partial charge in [0, 0.05) is 24.4 Å². The zero-order valence-corrected chi connectivity index (χ0v) is 11.9. The minimum atomic E-state index is -0.0110. The van der Waals surface area contributed by atoms with Gasteiger partial charge in [-0.2, -0.15) is 0 Å². The highest BCUT2D eigenvalue weighted by atomic mass is 16.5. The second-order valence-corrected chi connectivity index (χ2v) is 4.81. The third-order valence-electron chi connectivity index (χ3n) is 3.00. The van der Waals surface area contributed by atoms with E-state index in [9.17, 15) is 4.79 Å². The van der Waals surface area contributed by atoms with Crippen LogP contribution in [-0.2, 0) is 16.1 Å². The first-order valence-electron chi connectivity index (χ1n) is 7.01. The van der Waals surface area contributed by atoms with Crippen LogP contribution in [-0.4, -0.2) is 12.5 Å². The van der Waals surface area contributed by atoms with Crippen LogP contribution in [0.15, 0.2) is 54.6 Å². The lowest BCUT2D eigenvalue weighted by Crippen LogP contribution is -2.12. The van der Waals surface area contributed by atoms with E-state index in [4.69, 9.17) is 10.5 Å². The Bertz CT molecular complexity index is 553. The molecule has 0 saturated heterocycles. The van der Waals surface area contributed by atoms with E-state index in [-0.39, 0.29) is 5.91 Å². The Hall–Kier alpha value is -2.33. The molecule has 1 amide bonds. The maximum atomic E-state index is 11.7. The van der Waals surface area contributed by atoms with E-state index >= 15 is 0 Å². The minimum Gasteiger partial charge on any atom is -0.399 e. The average molecular weight is 284 g/mol. The number of anilines is 2. The SMILES string of the molecule is Nc1ccc(NC(=O)CCCOCc2ccccc2)cc1. The van der Waals surface area contributed by atoms with E-state index in [1.54, 1.807) is 24.3 Å².